The molecular formula is C14H17NO3. The summed E-state index contributed by atoms with van der Waals surface area (Å²) in [6, 6.07) is 8.68. The maximum Gasteiger partial charge on any atom is 0.308 e. The summed E-state index contributed by atoms with van der Waals surface area (Å²) in [5, 5.41) is 8.99. The van der Waals surface area contributed by atoms with Crippen LogP contribution in [0.25, 0.3) is 0 Å². The molecule has 1 aromatic rings. The fraction of sp³-hybridized carbons (Fsp3) is 0.429. The van der Waals surface area contributed by atoms with E-state index in [0.29, 0.717) is 24.8 Å². The van der Waals surface area contributed by atoms with Crippen molar-refractivity contribution in [2.75, 3.05) is 0 Å². The van der Waals surface area contributed by atoms with Crippen LogP contribution in [0.3, 0.4) is 0 Å². The average molecular weight is 247 g/mol. The topological polar surface area (TPSA) is 80.4 Å². The fourth-order valence-electron chi connectivity index (χ4n) is 2.59. The van der Waals surface area contributed by atoms with Gasteiger partial charge in [0.05, 0.1) is 5.92 Å². The molecule has 0 spiro atoms. The van der Waals surface area contributed by atoms with E-state index >= 15 is 0 Å². The van der Waals surface area contributed by atoms with Crippen molar-refractivity contribution in [1.29, 1.82) is 0 Å². The van der Waals surface area contributed by atoms with Crippen molar-refractivity contribution in [3.63, 3.8) is 0 Å². The van der Waals surface area contributed by atoms with Gasteiger partial charge in [-0.15, -0.1) is 0 Å². The molecule has 4 nitrogen and oxygen atoms in total. The van der Waals surface area contributed by atoms with Gasteiger partial charge in [-0.3, -0.25) is 9.59 Å². The van der Waals surface area contributed by atoms with E-state index in [4.69, 9.17) is 10.8 Å². The van der Waals surface area contributed by atoms with Crippen molar-refractivity contribution in [1.82, 2.24) is 0 Å². The molecule has 0 bridgehead atoms. The highest BCUT2D eigenvalue weighted by Gasteiger charge is 2.35. The lowest BCUT2D eigenvalue weighted by Crippen LogP contribution is -2.42. The van der Waals surface area contributed by atoms with Gasteiger partial charge in [-0.2, -0.15) is 0 Å². The molecule has 0 amide bonds. The van der Waals surface area contributed by atoms with Gasteiger partial charge in [0.15, 0.2) is 5.78 Å². The van der Waals surface area contributed by atoms with E-state index in [1.165, 1.54) is 0 Å². The summed E-state index contributed by atoms with van der Waals surface area (Å²) in [5.74, 6) is -1.43. The second-order valence-electron chi connectivity index (χ2n) is 4.85. The molecule has 4 heteroatoms. The number of benzene rings is 1. The number of carbonyl (C=O) groups excluding carboxylic acids is 1. The number of ketones is 1. The summed E-state index contributed by atoms with van der Waals surface area (Å²) < 4.78 is 0. The first-order valence-corrected chi connectivity index (χ1v) is 6.17. The predicted octanol–water partition coefficient (Wildman–Crippen LogP) is 1.70. The van der Waals surface area contributed by atoms with Gasteiger partial charge in [-0.25, -0.2) is 0 Å². The first-order valence-electron chi connectivity index (χ1n) is 6.17. The molecule has 0 saturated heterocycles. The van der Waals surface area contributed by atoms with Crippen molar-refractivity contribution in [2.24, 2.45) is 17.6 Å². The standard InChI is InChI=1S/C14H17NO3/c15-12-8-10(6-7-11(12)14(17)18)13(16)9-4-2-1-3-5-9/h1-5,10-12H,6-8,15H2,(H,17,18). The minimum Gasteiger partial charge on any atom is -0.481 e. The molecule has 1 fully saturated rings. The maximum absolute atomic E-state index is 12.2. The number of nitrogens with two attached hydrogens (primary N) is 1. The number of hydrogen-bond acceptors (Lipinski definition) is 3. The molecule has 2 rings (SSSR count). The number of rotatable bonds is 3. The number of hydrogen-bond donors (Lipinski definition) is 2. The van der Waals surface area contributed by atoms with Gasteiger partial charge < -0.3 is 10.8 Å². The molecule has 1 aromatic carbocycles. The average Bonchev–Trinajstić information content (AvgIpc) is 2.38. The smallest absolute Gasteiger partial charge is 0.308 e. The van der Waals surface area contributed by atoms with Crippen LogP contribution in [0.5, 0.6) is 0 Å². The number of carboxylic acid groups (broad SMARTS) is 1. The third kappa shape index (κ3) is 2.59. The first kappa shape index (κ1) is 12.8. The quantitative estimate of drug-likeness (QED) is 0.796. The molecule has 1 aliphatic rings. The van der Waals surface area contributed by atoms with Gasteiger partial charge in [0, 0.05) is 17.5 Å². The zero-order valence-electron chi connectivity index (χ0n) is 10.1. The van der Waals surface area contributed by atoms with E-state index in [9.17, 15) is 9.59 Å². The summed E-state index contributed by atoms with van der Waals surface area (Å²) in [6.45, 7) is 0. The van der Waals surface area contributed by atoms with Gasteiger partial charge in [0.2, 0.25) is 0 Å². The van der Waals surface area contributed by atoms with Crippen LogP contribution in [0, 0.1) is 11.8 Å². The SMILES string of the molecule is NC1CC(C(=O)c2ccccc2)CCC1C(=O)O. The molecule has 0 aromatic heterocycles. The molecule has 3 unspecified atom stereocenters. The molecule has 0 aliphatic heterocycles. The first-order chi connectivity index (χ1) is 8.59. The third-order valence-corrected chi connectivity index (χ3v) is 3.65. The molecule has 0 radical (unpaired) electrons. The monoisotopic (exact) mass is 247 g/mol. The Morgan fingerprint density at radius 1 is 1.17 bits per heavy atom. The van der Waals surface area contributed by atoms with E-state index < -0.39 is 17.9 Å². The lowest BCUT2D eigenvalue weighted by Gasteiger charge is -2.30. The van der Waals surface area contributed by atoms with E-state index in [2.05, 4.69) is 0 Å². The summed E-state index contributed by atoms with van der Waals surface area (Å²) in [4.78, 5) is 23.2. The largest absolute Gasteiger partial charge is 0.481 e. The van der Waals surface area contributed by atoms with Crippen molar-refractivity contribution >= 4 is 11.8 Å². The highest BCUT2D eigenvalue weighted by molar-refractivity contribution is 5.98. The second kappa shape index (κ2) is 5.31. The zero-order valence-corrected chi connectivity index (χ0v) is 10.1. The van der Waals surface area contributed by atoms with Crippen LogP contribution >= 0.6 is 0 Å². The highest BCUT2D eigenvalue weighted by Crippen LogP contribution is 2.30. The van der Waals surface area contributed by atoms with Crippen LogP contribution < -0.4 is 5.73 Å². The maximum atomic E-state index is 12.2. The van der Waals surface area contributed by atoms with E-state index in [-0.39, 0.29) is 11.7 Å². The Labute approximate surface area is 106 Å². The van der Waals surface area contributed by atoms with Gasteiger partial charge in [-0.05, 0) is 19.3 Å². The van der Waals surface area contributed by atoms with Gasteiger partial charge >= 0.3 is 5.97 Å². The summed E-state index contributed by atoms with van der Waals surface area (Å²) in [5.41, 5.74) is 6.54. The van der Waals surface area contributed by atoms with Crippen molar-refractivity contribution in [3.8, 4) is 0 Å². The molecule has 1 aliphatic carbocycles. The van der Waals surface area contributed by atoms with Gasteiger partial charge in [-0.1, -0.05) is 30.3 Å². The zero-order chi connectivity index (χ0) is 13.1. The number of Topliss-reactive ketones (excluding diaryl/α,β-unsaturated/α-hetero) is 1. The normalized spacial score (nSPS) is 27.7. The van der Waals surface area contributed by atoms with Crippen LogP contribution in [0.4, 0.5) is 0 Å². The minimum absolute atomic E-state index is 0.0786. The number of aliphatic carboxylic acids is 1. The van der Waals surface area contributed by atoms with Gasteiger partial charge in [0.1, 0.15) is 0 Å². The third-order valence-electron chi connectivity index (χ3n) is 3.65. The van der Waals surface area contributed by atoms with E-state index in [1.54, 1.807) is 12.1 Å². The molecule has 18 heavy (non-hydrogen) atoms. The number of carbonyl (C=O) groups is 2. The summed E-state index contributed by atoms with van der Waals surface area (Å²) in [7, 11) is 0. The molecule has 1 saturated carbocycles. The van der Waals surface area contributed by atoms with Crippen molar-refractivity contribution < 1.29 is 14.7 Å². The Bertz CT molecular complexity index is 444. The number of carboxylic acids is 1. The predicted molar refractivity (Wildman–Crippen MR) is 67.2 cm³/mol. The van der Waals surface area contributed by atoms with Crippen molar-refractivity contribution in [3.05, 3.63) is 35.9 Å². The Balaban J connectivity index is 2.05. The van der Waals surface area contributed by atoms with Crippen molar-refractivity contribution in [2.45, 2.75) is 25.3 Å². The lowest BCUT2D eigenvalue weighted by atomic mass is 9.76. The van der Waals surface area contributed by atoms with Crippen LogP contribution in [-0.2, 0) is 4.79 Å². The Kier molecular flexibility index (Phi) is 3.77. The van der Waals surface area contributed by atoms with Crippen LogP contribution in [-0.4, -0.2) is 22.9 Å². The molecular weight excluding hydrogens is 230 g/mol. The Morgan fingerprint density at radius 3 is 2.39 bits per heavy atom. The van der Waals surface area contributed by atoms with Crippen LogP contribution in [0.15, 0.2) is 30.3 Å². The van der Waals surface area contributed by atoms with E-state index in [1.807, 2.05) is 18.2 Å². The summed E-state index contributed by atoms with van der Waals surface area (Å²) in [6.07, 6.45) is 1.56. The molecule has 0 heterocycles. The van der Waals surface area contributed by atoms with E-state index in [0.717, 1.165) is 0 Å². The molecule has 3 atom stereocenters. The molecule has 96 valence electrons. The fourth-order valence-corrected chi connectivity index (χ4v) is 2.59. The van der Waals surface area contributed by atoms with Crippen LogP contribution in [0.1, 0.15) is 29.6 Å². The second-order valence-corrected chi connectivity index (χ2v) is 4.85. The minimum atomic E-state index is -0.854. The van der Waals surface area contributed by atoms with Crippen LogP contribution in [0.2, 0.25) is 0 Å². The highest BCUT2D eigenvalue weighted by atomic mass is 16.4. The summed E-state index contributed by atoms with van der Waals surface area (Å²) >= 11 is 0. The Morgan fingerprint density at radius 2 is 1.83 bits per heavy atom. The Hall–Kier alpha value is -1.68. The lowest BCUT2D eigenvalue weighted by molar-refractivity contribution is -0.143. The van der Waals surface area contributed by atoms with Gasteiger partial charge in [0.25, 0.3) is 0 Å². The molecule has 3 N–H and O–H groups in total.